The Kier molecular flexibility index (Phi) is 12.3. The Morgan fingerprint density at radius 1 is 0.577 bits per heavy atom. The predicted molar refractivity (Wildman–Crippen MR) is 205 cm³/mol. The number of carbonyl (C=O) groups excluding carboxylic acids is 1. The number of hydrogen-bond acceptors (Lipinski definition) is 11. The molecular weight excluding hydrogens is 660 g/mol. The molecule has 0 aliphatic rings. The number of hydrogen-bond donors (Lipinski definition) is 0. The molecule has 0 aliphatic carbocycles. The molecule has 0 aliphatic heterocycles. The van der Waals surface area contributed by atoms with Crippen LogP contribution in [-0.4, -0.2) is 90.3 Å². The maximum atomic E-state index is 12.9. The van der Waals surface area contributed by atoms with E-state index in [1.54, 1.807) is 6.07 Å². The van der Waals surface area contributed by atoms with Crippen molar-refractivity contribution in [3.63, 3.8) is 0 Å². The van der Waals surface area contributed by atoms with Crippen LogP contribution < -0.4 is 9.80 Å². The number of para-hydroxylation sites is 2. The van der Waals surface area contributed by atoms with E-state index in [-0.39, 0.29) is 11.4 Å². The lowest BCUT2D eigenvalue weighted by Gasteiger charge is -2.30. The summed E-state index contributed by atoms with van der Waals surface area (Å²) in [6, 6.07) is 23.4. The van der Waals surface area contributed by atoms with Crippen molar-refractivity contribution in [2.45, 2.75) is 12.8 Å². The first-order valence-corrected chi connectivity index (χ1v) is 16.9. The van der Waals surface area contributed by atoms with Crippen molar-refractivity contribution < 1.29 is 14.6 Å². The van der Waals surface area contributed by atoms with E-state index in [0.717, 1.165) is 24.9 Å². The Hall–Kier alpha value is -6.05. The Balaban J connectivity index is 1.76. The van der Waals surface area contributed by atoms with Gasteiger partial charge in [0.05, 0.1) is 22.2 Å². The number of aromatic nitrogens is 2. The van der Waals surface area contributed by atoms with E-state index in [1.165, 1.54) is 36.9 Å². The Morgan fingerprint density at radius 2 is 1.04 bits per heavy atom. The topological polar surface area (TPSA) is 142 Å². The second kappa shape index (κ2) is 17.2. The quantitative estimate of drug-likeness (QED) is 0.0536. The van der Waals surface area contributed by atoms with Gasteiger partial charge in [-0.15, -0.1) is 0 Å². The molecule has 0 saturated carbocycles. The lowest BCUT2D eigenvalue weighted by atomic mass is 9.88. The highest BCUT2D eigenvalue weighted by Crippen LogP contribution is 2.46. The molecule has 2 heterocycles. The van der Waals surface area contributed by atoms with Gasteiger partial charge in [0.2, 0.25) is 0 Å². The zero-order chi connectivity index (χ0) is 37.2. The predicted octanol–water partition coefficient (Wildman–Crippen LogP) is 7.62. The van der Waals surface area contributed by atoms with Crippen LogP contribution in [0.4, 0.5) is 34.1 Å². The molecule has 0 fully saturated rings. The molecule has 0 N–H and O–H groups in total. The van der Waals surface area contributed by atoms with E-state index >= 15 is 0 Å². The number of rotatable bonds is 17. The summed E-state index contributed by atoms with van der Waals surface area (Å²) in [5, 5.41) is 24.5. The van der Waals surface area contributed by atoms with Crippen LogP contribution in [-0.2, 0) is 0 Å². The fraction of sp³-hybridized carbons (Fsp3) is 0.256. The van der Waals surface area contributed by atoms with Crippen LogP contribution in [0.25, 0.3) is 22.3 Å². The van der Waals surface area contributed by atoms with Crippen molar-refractivity contribution in [3.05, 3.63) is 129 Å². The molecule has 0 unspecified atom stereocenters. The fourth-order valence-corrected chi connectivity index (χ4v) is 6.36. The highest BCUT2D eigenvalue weighted by Gasteiger charge is 2.27. The maximum Gasteiger partial charge on any atom is 0.296 e. The van der Waals surface area contributed by atoms with E-state index in [2.05, 4.69) is 19.8 Å². The van der Waals surface area contributed by atoms with E-state index in [4.69, 9.17) is 0 Å². The average molecular weight is 703 g/mol. The SMILES string of the molecule is CN(C)CCCN(c1ccccc1-c1cccc(C=O)c1-c1ccccc1N(CCCN(C)C)c1cnccc1[N+](=O)[O-])c1cnccc1[N+](=O)[O-]. The molecule has 0 atom stereocenters. The smallest absolute Gasteiger partial charge is 0.296 e. The summed E-state index contributed by atoms with van der Waals surface area (Å²) < 4.78 is 0. The molecule has 5 rings (SSSR count). The molecule has 0 bridgehead atoms. The first-order valence-electron chi connectivity index (χ1n) is 16.9. The van der Waals surface area contributed by atoms with Gasteiger partial charge in [-0.2, -0.15) is 0 Å². The van der Waals surface area contributed by atoms with Gasteiger partial charge in [-0.25, -0.2) is 0 Å². The van der Waals surface area contributed by atoms with Gasteiger partial charge in [0.15, 0.2) is 6.29 Å². The number of carbonyl (C=O) groups is 1. The molecule has 268 valence electrons. The van der Waals surface area contributed by atoms with Crippen LogP contribution in [0.1, 0.15) is 23.2 Å². The van der Waals surface area contributed by atoms with E-state index in [1.807, 2.05) is 98.7 Å². The number of benzene rings is 3. The van der Waals surface area contributed by atoms with Crippen molar-refractivity contribution in [2.75, 3.05) is 64.2 Å². The molecule has 13 nitrogen and oxygen atoms in total. The van der Waals surface area contributed by atoms with Gasteiger partial charge in [0.25, 0.3) is 11.4 Å². The van der Waals surface area contributed by atoms with E-state index < -0.39 is 9.85 Å². The molecule has 0 spiro atoms. The molecule has 0 radical (unpaired) electrons. The van der Waals surface area contributed by atoms with Crippen molar-refractivity contribution in [1.82, 2.24) is 19.8 Å². The van der Waals surface area contributed by atoms with Crippen LogP contribution in [0.15, 0.2) is 104 Å². The highest BCUT2D eigenvalue weighted by molar-refractivity contribution is 6.02. The third-order valence-electron chi connectivity index (χ3n) is 8.68. The summed E-state index contributed by atoms with van der Waals surface area (Å²) in [6.45, 7) is 2.36. The monoisotopic (exact) mass is 702 g/mol. The Labute approximate surface area is 303 Å². The maximum absolute atomic E-state index is 12.9. The third kappa shape index (κ3) is 8.45. The molecular formula is C39H42N8O5. The first-order chi connectivity index (χ1) is 25.1. The van der Waals surface area contributed by atoms with Gasteiger partial charge in [0, 0.05) is 71.2 Å². The van der Waals surface area contributed by atoms with Gasteiger partial charge >= 0.3 is 0 Å². The zero-order valence-electron chi connectivity index (χ0n) is 29.8. The van der Waals surface area contributed by atoms with Crippen LogP contribution in [0.3, 0.4) is 0 Å². The molecule has 0 saturated heterocycles. The summed E-state index contributed by atoms with van der Waals surface area (Å²) in [5.41, 5.74) is 5.06. The van der Waals surface area contributed by atoms with Gasteiger partial charge in [0.1, 0.15) is 11.4 Å². The second-order valence-electron chi connectivity index (χ2n) is 12.8. The van der Waals surface area contributed by atoms with Gasteiger partial charge in [-0.1, -0.05) is 54.6 Å². The molecule has 5 aromatic rings. The summed E-state index contributed by atoms with van der Waals surface area (Å²) in [5.74, 6) is 0. The number of aldehydes is 1. The summed E-state index contributed by atoms with van der Waals surface area (Å²) in [7, 11) is 7.89. The Morgan fingerprint density at radius 3 is 1.52 bits per heavy atom. The average Bonchev–Trinajstić information content (AvgIpc) is 3.14. The van der Waals surface area contributed by atoms with Crippen molar-refractivity contribution in [3.8, 4) is 22.3 Å². The number of nitro groups is 2. The van der Waals surface area contributed by atoms with Crippen LogP contribution in [0.5, 0.6) is 0 Å². The number of pyridine rings is 2. The van der Waals surface area contributed by atoms with E-state index in [0.29, 0.717) is 70.9 Å². The third-order valence-corrected chi connectivity index (χ3v) is 8.68. The summed E-state index contributed by atoms with van der Waals surface area (Å²) in [4.78, 5) is 53.0. The van der Waals surface area contributed by atoms with Crippen LogP contribution in [0.2, 0.25) is 0 Å². The lowest BCUT2D eigenvalue weighted by molar-refractivity contribution is -0.384. The van der Waals surface area contributed by atoms with Gasteiger partial charge in [-0.3, -0.25) is 35.0 Å². The van der Waals surface area contributed by atoms with Gasteiger partial charge < -0.3 is 19.6 Å². The van der Waals surface area contributed by atoms with Crippen molar-refractivity contribution in [1.29, 1.82) is 0 Å². The minimum Gasteiger partial charge on any atom is -0.334 e. The lowest BCUT2D eigenvalue weighted by Crippen LogP contribution is -2.25. The number of nitrogens with zero attached hydrogens (tertiary/aromatic N) is 8. The standard InChI is InChI=1S/C39H42N8O5/c1-42(2)22-10-24-44(37-26-40-20-18-35(37)46(49)50)33-16-7-5-13-30(33)31-15-9-12-29(28-48)39(31)32-14-6-8-17-34(32)45(25-11-23-43(3)4)38-27-41-21-19-36(38)47(51)52/h5-9,12-21,26-28H,10-11,22-25H2,1-4H3. The number of anilines is 4. The van der Waals surface area contributed by atoms with Crippen molar-refractivity contribution in [2.24, 2.45) is 0 Å². The second-order valence-corrected chi connectivity index (χ2v) is 12.8. The van der Waals surface area contributed by atoms with Crippen LogP contribution >= 0.6 is 0 Å². The normalized spacial score (nSPS) is 11.1. The zero-order valence-corrected chi connectivity index (χ0v) is 29.8. The summed E-state index contributed by atoms with van der Waals surface area (Å²) >= 11 is 0. The van der Waals surface area contributed by atoms with Gasteiger partial charge in [-0.05, 0) is 71.8 Å². The van der Waals surface area contributed by atoms with E-state index in [9.17, 15) is 25.0 Å². The molecule has 3 aromatic carbocycles. The minimum absolute atomic E-state index is 0.0756. The molecule has 0 amide bonds. The molecule has 52 heavy (non-hydrogen) atoms. The molecule has 13 heteroatoms. The minimum atomic E-state index is -0.415. The van der Waals surface area contributed by atoms with Crippen molar-refractivity contribution >= 4 is 40.4 Å². The summed E-state index contributed by atoms with van der Waals surface area (Å²) in [6.07, 6.45) is 8.01. The van der Waals surface area contributed by atoms with Crippen LogP contribution in [0, 0.1) is 20.2 Å². The Bertz CT molecular complexity index is 2040. The largest absolute Gasteiger partial charge is 0.334 e. The first kappa shape index (κ1) is 37.2. The molecule has 2 aromatic heterocycles. The fourth-order valence-electron chi connectivity index (χ4n) is 6.36. The highest BCUT2D eigenvalue weighted by atomic mass is 16.6.